The topological polar surface area (TPSA) is 26.3 Å². The van der Waals surface area contributed by atoms with Gasteiger partial charge in [0.1, 0.15) is 12.0 Å². The molecular weight excluding hydrogens is 224 g/mol. The van der Waals surface area contributed by atoms with Crippen LogP contribution in [-0.2, 0) is 0 Å². The predicted octanol–water partition coefficient (Wildman–Crippen LogP) is 3.79. The van der Waals surface area contributed by atoms with Crippen LogP contribution in [0.15, 0.2) is 36.4 Å². The summed E-state index contributed by atoms with van der Waals surface area (Å²) in [6.45, 7) is 4.10. The molecule has 0 N–H and O–H groups in total. The maximum Gasteiger partial charge on any atom is 0.150 e. The van der Waals surface area contributed by atoms with E-state index >= 15 is 0 Å². The van der Waals surface area contributed by atoms with Gasteiger partial charge < -0.3 is 4.74 Å². The van der Waals surface area contributed by atoms with Gasteiger partial charge in [-0.25, -0.2) is 0 Å². The number of carbonyl (C=O) groups is 1. The zero-order chi connectivity index (χ0) is 13.1. The number of methoxy groups -OCH3 is 1. The average Bonchev–Trinajstić information content (AvgIpc) is 2.41. The molecule has 0 fully saturated rings. The van der Waals surface area contributed by atoms with Crippen molar-refractivity contribution in [2.24, 2.45) is 0 Å². The molecule has 2 aromatic rings. The molecule has 0 saturated carbocycles. The highest BCUT2D eigenvalue weighted by atomic mass is 16.5. The van der Waals surface area contributed by atoms with E-state index in [4.69, 9.17) is 4.74 Å². The zero-order valence-corrected chi connectivity index (χ0v) is 10.9. The number of aldehydes is 1. The molecule has 0 unspecified atom stereocenters. The van der Waals surface area contributed by atoms with Crippen molar-refractivity contribution in [2.75, 3.05) is 7.11 Å². The third-order valence-electron chi connectivity index (χ3n) is 3.21. The van der Waals surface area contributed by atoms with Crippen LogP contribution in [0.2, 0.25) is 0 Å². The molecule has 0 radical (unpaired) electrons. The molecule has 0 spiro atoms. The maximum absolute atomic E-state index is 10.8. The first-order valence-electron chi connectivity index (χ1n) is 5.87. The van der Waals surface area contributed by atoms with Gasteiger partial charge in [-0.3, -0.25) is 4.79 Å². The van der Waals surface area contributed by atoms with E-state index in [1.54, 1.807) is 13.2 Å². The van der Waals surface area contributed by atoms with Gasteiger partial charge in [0.25, 0.3) is 0 Å². The van der Waals surface area contributed by atoms with Crippen LogP contribution in [0.25, 0.3) is 11.1 Å². The fourth-order valence-electron chi connectivity index (χ4n) is 2.06. The Labute approximate surface area is 107 Å². The SMILES string of the molecule is COc1c(-c2cccc(C=O)c2)ccc(C)c1C. The van der Waals surface area contributed by atoms with E-state index in [0.717, 1.165) is 28.7 Å². The average molecular weight is 240 g/mol. The summed E-state index contributed by atoms with van der Waals surface area (Å²) < 4.78 is 5.50. The van der Waals surface area contributed by atoms with Crippen LogP contribution in [-0.4, -0.2) is 13.4 Å². The Hall–Kier alpha value is -2.09. The molecule has 2 rings (SSSR count). The normalized spacial score (nSPS) is 10.2. The molecule has 18 heavy (non-hydrogen) atoms. The Kier molecular flexibility index (Phi) is 3.47. The predicted molar refractivity (Wildman–Crippen MR) is 73.3 cm³/mol. The second-order valence-corrected chi connectivity index (χ2v) is 4.33. The molecule has 0 atom stereocenters. The van der Waals surface area contributed by atoms with E-state index in [1.807, 2.05) is 31.2 Å². The highest BCUT2D eigenvalue weighted by Crippen LogP contribution is 2.34. The quantitative estimate of drug-likeness (QED) is 0.763. The van der Waals surface area contributed by atoms with Gasteiger partial charge in [0.15, 0.2) is 0 Å². The number of carbonyl (C=O) groups excluding carboxylic acids is 1. The van der Waals surface area contributed by atoms with Gasteiger partial charge in [0.2, 0.25) is 0 Å². The summed E-state index contributed by atoms with van der Waals surface area (Å²) in [6, 6.07) is 11.6. The van der Waals surface area contributed by atoms with Crippen molar-refractivity contribution < 1.29 is 9.53 Å². The van der Waals surface area contributed by atoms with E-state index in [1.165, 1.54) is 5.56 Å². The minimum absolute atomic E-state index is 0.674. The van der Waals surface area contributed by atoms with Gasteiger partial charge >= 0.3 is 0 Å². The highest BCUT2D eigenvalue weighted by molar-refractivity contribution is 5.81. The Morgan fingerprint density at radius 2 is 1.89 bits per heavy atom. The van der Waals surface area contributed by atoms with Gasteiger partial charge in [0, 0.05) is 11.1 Å². The van der Waals surface area contributed by atoms with E-state index in [-0.39, 0.29) is 0 Å². The number of hydrogen-bond donors (Lipinski definition) is 0. The fourth-order valence-corrected chi connectivity index (χ4v) is 2.06. The Morgan fingerprint density at radius 1 is 1.11 bits per heavy atom. The first-order valence-corrected chi connectivity index (χ1v) is 5.87. The molecular formula is C16H16O2. The summed E-state index contributed by atoms with van der Waals surface area (Å²) in [5, 5.41) is 0. The molecule has 2 heteroatoms. The van der Waals surface area contributed by atoms with Gasteiger partial charge in [0.05, 0.1) is 7.11 Å². The van der Waals surface area contributed by atoms with E-state index in [9.17, 15) is 4.79 Å². The highest BCUT2D eigenvalue weighted by Gasteiger charge is 2.10. The Balaban J connectivity index is 2.63. The molecule has 0 saturated heterocycles. The fraction of sp³-hybridized carbons (Fsp3) is 0.188. The van der Waals surface area contributed by atoms with E-state index < -0.39 is 0 Å². The minimum atomic E-state index is 0.674. The van der Waals surface area contributed by atoms with Crippen LogP contribution in [0, 0.1) is 13.8 Å². The lowest BCUT2D eigenvalue weighted by molar-refractivity contribution is 0.112. The number of rotatable bonds is 3. The molecule has 2 aromatic carbocycles. The standard InChI is InChI=1S/C16H16O2/c1-11-7-8-15(16(18-3)12(11)2)14-6-4-5-13(9-14)10-17/h4-10H,1-3H3. The van der Waals surface area contributed by atoms with E-state index in [2.05, 4.69) is 13.0 Å². The molecule has 0 aliphatic carbocycles. The smallest absolute Gasteiger partial charge is 0.150 e. The molecule has 0 aliphatic rings. The monoisotopic (exact) mass is 240 g/mol. The summed E-state index contributed by atoms with van der Waals surface area (Å²) in [6.07, 6.45) is 0.858. The Morgan fingerprint density at radius 3 is 2.56 bits per heavy atom. The minimum Gasteiger partial charge on any atom is -0.496 e. The van der Waals surface area contributed by atoms with Gasteiger partial charge in [-0.05, 0) is 36.6 Å². The van der Waals surface area contributed by atoms with Crippen LogP contribution < -0.4 is 4.74 Å². The largest absolute Gasteiger partial charge is 0.496 e. The lowest BCUT2D eigenvalue weighted by atomic mass is 9.97. The van der Waals surface area contributed by atoms with E-state index in [0.29, 0.717) is 5.56 Å². The van der Waals surface area contributed by atoms with Crippen LogP contribution in [0.1, 0.15) is 21.5 Å². The molecule has 0 bridgehead atoms. The third-order valence-corrected chi connectivity index (χ3v) is 3.21. The van der Waals surface area contributed by atoms with Crippen molar-refractivity contribution in [3.8, 4) is 16.9 Å². The summed E-state index contributed by atoms with van der Waals surface area (Å²) in [5.41, 5.74) is 5.02. The lowest BCUT2D eigenvalue weighted by Crippen LogP contribution is -1.94. The summed E-state index contributed by atoms with van der Waals surface area (Å²) >= 11 is 0. The number of benzene rings is 2. The second kappa shape index (κ2) is 5.05. The van der Waals surface area contributed by atoms with Crippen molar-refractivity contribution in [1.29, 1.82) is 0 Å². The summed E-state index contributed by atoms with van der Waals surface area (Å²) in [7, 11) is 1.68. The first-order chi connectivity index (χ1) is 8.67. The van der Waals surface area contributed by atoms with Gasteiger partial charge in [-0.1, -0.05) is 30.3 Å². The summed E-state index contributed by atoms with van der Waals surface area (Å²) in [5.74, 6) is 0.873. The number of aryl methyl sites for hydroxylation is 1. The third kappa shape index (κ3) is 2.14. The van der Waals surface area contributed by atoms with Crippen molar-refractivity contribution in [3.63, 3.8) is 0 Å². The van der Waals surface area contributed by atoms with Crippen LogP contribution in [0.5, 0.6) is 5.75 Å². The molecule has 2 nitrogen and oxygen atoms in total. The van der Waals surface area contributed by atoms with Gasteiger partial charge in [-0.2, -0.15) is 0 Å². The number of ether oxygens (including phenoxy) is 1. The zero-order valence-electron chi connectivity index (χ0n) is 10.9. The first kappa shape index (κ1) is 12.4. The van der Waals surface area contributed by atoms with Crippen molar-refractivity contribution in [2.45, 2.75) is 13.8 Å². The molecule has 92 valence electrons. The van der Waals surface area contributed by atoms with Crippen LogP contribution >= 0.6 is 0 Å². The second-order valence-electron chi connectivity index (χ2n) is 4.33. The summed E-state index contributed by atoms with van der Waals surface area (Å²) in [4.78, 5) is 10.8. The lowest BCUT2D eigenvalue weighted by Gasteiger charge is -2.13. The molecule has 0 amide bonds. The van der Waals surface area contributed by atoms with Crippen LogP contribution in [0.4, 0.5) is 0 Å². The number of hydrogen-bond acceptors (Lipinski definition) is 2. The molecule has 0 aliphatic heterocycles. The van der Waals surface area contributed by atoms with Crippen molar-refractivity contribution >= 4 is 6.29 Å². The van der Waals surface area contributed by atoms with Crippen LogP contribution in [0.3, 0.4) is 0 Å². The van der Waals surface area contributed by atoms with Crippen molar-refractivity contribution in [1.82, 2.24) is 0 Å². The molecule has 0 aromatic heterocycles. The van der Waals surface area contributed by atoms with Gasteiger partial charge in [-0.15, -0.1) is 0 Å². The Bertz CT molecular complexity index is 586. The van der Waals surface area contributed by atoms with Crippen molar-refractivity contribution in [3.05, 3.63) is 53.1 Å². The maximum atomic E-state index is 10.8. The molecule has 0 heterocycles.